The van der Waals surface area contributed by atoms with E-state index in [1.807, 2.05) is 31.2 Å². The fourth-order valence-electron chi connectivity index (χ4n) is 2.52. The average Bonchev–Trinajstić information content (AvgIpc) is 2.85. The van der Waals surface area contributed by atoms with E-state index in [0.29, 0.717) is 16.5 Å². The minimum Gasteiger partial charge on any atom is -0.493 e. The number of H-pyrrole nitrogens is 1. The Morgan fingerprint density at radius 3 is 2.53 bits per heavy atom. The van der Waals surface area contributed by atoms with E-state index in [0.717, 1.165) is 16.5 Å². The van der Waals surface area contributed by atoms with Crippen molar-refractivity contribution in [3.05, 3.63) is 35.4 Å². The zero-order valence-electron chi connectivity index (χ0n) is 16.6. The van der Waals surface area contributed by atoms with E-state index in [-0.39, 0.29) is 11.5 Å². The molecule has 0 aliphatic heterocycles. The molecule has 3 aromatic rings. The molecular weight excluding hydrogens is 238 g/mol. The fraction of sp³-hybridized carbons (Fsp3) is 0.250. The molecule has 0 saturated heterocycles. The first-order valence-electron chi connectivity index (χ1n) is 8.89. The lowest BCUT2D eigenvalue weighted by Gasteiger charge is -2.14. The topological polar surface area (TPSA) is 34.2 Å². The number of aromatic nitrogens is 1. The van der Waals surface area contributed by atoms with Crippen LogP contribution in [0.2, 0.25) is 0 Å². The van der Waals surface area contributed by atoms with Gasteiger partial charge < -0.3 is 14.5 Å². The molecule has 0 fully saturated rings. The molecule has 3 rings (SSSR count). The van der Waals surface area contributed by atoms with Gasteiger partial charge in [-0.2, -0.15) is 0 Å². The molecule has 3 nitrogen and oxygen atoms in total. The third kappa shape index (κ3) is 1.51. The molecule has 2 aromatic carbocycles. The average molecular weight is 261 g/mol. The molecule has 1 aromatic heterocycles. The molecule has 1 heterocycles. The zero-order valence-corrected chi connectivity index (χ0v) is 10.6. The molecule has 0 unspecified atom stereocenters. The molecule has 19 heavy (non-hydrogen) atoms. The summed E-state index contributed by atoms with van der Waals surface area (Å²) < 4.78 is 54.9. The van der Waals surface area contributed by atoms with Crippen LogP contribution < -0.4 is 9.47 Å². The molecule has 98 valence electrons. The van der Waals surface area contributed by atoms with Crippen LogP contribution in [-0.4, -0.2) is 19.1 Å². The molecule has 0 saturated carbocycles. The molecule has 0 spiro atoms. The van der Waals surface area contributed by atoms with Crippen LogP contribution in [0.5, 0.6) is 11.5 Å². The minimum atomic E-state index is -2.75. The van der Waals surface area contributed by atoms with Gasteiger partial charge in [-0.3, -0.25) is 0 Å². The lowest BCUT2D eigenvalue weighted by molar-refractivity contribution is 0.356. The summed E-state index contributed by atoms with van der Waals surface area (Å²) in [6.45, 7) is 3.49. The molecular formula is C16H17NO2. The number of nitrogens with one attached hydrogen (secondary N) is 1. The van der Waals surface area contributed by atoms with Crippen LogP contribution in [0, 0.1) is 13.8 Å². The maximum Gasteiger partial charge on any atom is 0.171 e. The van der Waals surface area contributed by atoms with Crippen molar-refractivity contribution in [1.82, 2.24) is 4.98 Å². The quantitative estimate of drug-likeness (QED) is 0.757. The van der Waals surface area contributed by atoms with Gasteiger partial charge in [-0.1, -0.05) is 18.2 Å². The highest BCUT2D eigenvalue weighted by molar-refractivity contribution is 6.12. The van der Waals surface area contributed by atoms with Crippen molar-refractivity contribution in [2.75, 3.05) is 14.1 Å². The van der Waals surface area contributed by atoms with Crippen molar-refractivity contribution in [1.29, 1.82) is 0 Å². The summed E-state index contributed by atoms with van der Waals surface area (Å²) in [6.07, 6.45) is 0. The second-order valence-electron chi connectivity index (χ2n) is 4.53. The van der Waals surface area contributed by atoms with Crippen molar-refractivity contribution >= 4 is 21.8 Å². The van der Waals surface area contributed by atoms with Crippen molar-refractivity contribution in [3.8, 4) is 11.5 Å². The van der Waals surface area contributed by atoms with E-state index in [2.05, 4.69) is 4.98 Å². The normalized spacial score (nSPS) is 17.2. The van der Waals surface area contributed by atoms with Gasteiger partial charge in [0, 0.05) is 10.9 Å². The molecule has 0 amide bonds. The number of rotatable bonds is 2. The fourth-order valence-corrected chi connectivity index (χ4v) is 2.52. The van der Waals surface area contributed by atoms with Gasteiger partial charge >= 0.3 is 0 Å². The molecule has 0 aliphatic rings. The highest BCUT2D eigenvalue weighted by Gasteiger charge is 2.19. The third-order valence-electron chi connectivity index (χ3n) is 3.62. The number of benzene rings is 2. The van der Waals surface area contributed by atoms with Gasteiger partial charge in [0.1, 0.15) is 0 Å². The van der Waals surface area contributed by atoms with E-state index in [4.69, 9.17) is 17.7 Å². The van der Waals surface area contributed by atoms with Crippen LogP contribution in [0.1, 0.15) is 19.4 Å². The van der Waals surface area contributed by atoms with E-state index < -0.39 is 14.1 Å². The number of fused-ring (bicyclic) bond motifs is 3. The van der Waals surface area contributed by atoms with Crippen LogP contribution >= 0.6 is 0 Å². The smallest absolute Gasteiger partial charge is 0.171 e. The Labute approximate surface area is 120 Å². The second kappa shape index (κ2) is 4.19. The Hall–Kier alpha value is -2.16. The SMILES string of the molecule is [2H]C([2H])([2H])Oc1c(C)c(C)c2[nH]c3ccccc3c2c1OC([2H])([2H])[2H]. The third-order valence-corrected chi connectivity index (χ3v) is 3.62. The van der Waals surface area contributed by atoms with Gasteiger partial charge in [0.25, 0.3) is 0 Å². The standard InChI is InChI=1S/C16H17NO2/c1-9-10(2)15(18-3)16(19-4)13-11-7-5-6-8-12(11)17-14(9)13/h5-8,17H,1-4H3/i3D3,4D3. The number of ether oxygens (including phenoxy) is 2. The van der Waals surface area contributed by atoms with Gasteiger partial charge in [0.2, 0.25) is 0 Å². The summed E-state index contributed by atoms with van der Waals surface area (Å²) in [4.78, 5) is 3.24. The van der Waals surface area contributed by atoms with Gasteiger partial charge in [-0.05, 0) is 31.0 Å². The van der Waals surface area contributed by atoms with Crippen molar-refractivity contribution in [2.45, 2.75) is 13.8 Å². The van der Waals surface area contributed by atoms with Crippen LogP contribution in [0.15, 0.2) is 24.3 Å². The Balaban J connectivity index is 2.45. The summed E-state index contributed by atoms with van der Waals surface area (Å²) in [5.41, 5.74) is 2.76. The number of para-hydroxylation sites is 1. The van der Waals surface area contributed by atoms with Crippen LogP contribution in [0.25, 0.3) is 21.8 Å². The van der Waals surface area contributed by atoms with Crippen LogP contribution in [0.3, 0.4) is 0 Å². The number of hydrogen-bond donors (Lipinski definition) is 1. The molecule has 0 atom stereocenters. The molecule has 1 N–H and O–H groups in total. The molecule has 0 aliphatic carbocycles. The highest BCUT2D eigenvalue weighted by Crippen LogP contribution is 2.44. The largest absolute Gasteiger partial charge is 0.493 e. The van der Waals surface area contributed by atoms with Crippen LogP contribution in [0.4, 0.5) is 0 Å². The molecule has 0 bridgehead atoms. The summed E-state index contributed by atoms with van der Waals surface area (Å²) in [6, 6.07) is 7.33. The van der Waals surface area contributed by atoms with Gasteiger partial charge in [-0.15, -0.1) is 0 Å². The van der Waals surface area contributed by atoms with E-state index in [1.165, 1.54) is 0 Å². The first kappa shape index (κ1) is 6.85. The Morgan fingerprint density at radius 1 is 1.00 bits per heavy atom. The minimum absolute atomic E-state index is 0.0779. The van der Waals surface area contributed by atoms with Gasteiger partial charge in [-0.25, -0.2) is 0 Å². The predicted octanol–water partition coefficient (Wildman–Crippen LogP) is 3.96. The second-order valence-corrected chi connectivity index (χ2v) is 4.53. The summed E-state index contributed by atoms with van der Waals surface area (Å²) in [5.74, 6) is -0.169. The van der Waals surface area contributed by atoms with E-state index in [9.17, 15) is 0 Å². The Bertz CT molecular complexity index is 955. The molecule has 0 radical (unpaired) electrons. The van der Waals surface area contributed by atoms with Crippen molar-refractivity contribution in [2.24, 2.45) is 0 Å². The number of aryl methyl sites for hydroxylation is 1. The number of hydrogen-bond acceptors (Lipinski definition) is 2. The summed E-state index contributed by atoms with van der Waals surface area (Å²) in [7, 11) is -5.48. The summed E-state index contributed by atoms with van der Waals surface area (Å²) in [5, 5.41) is 1.23. The lowest BCUT2D eigenvalue weighted by Crippen LogP contribution is -1.96. The summed E-state index contributed by atoms with van der Waals surface area (Å²) >= 11 is 0. The lowest BCUT2D eigenvalue weighted by atomic mass is 10.0. The van der Waals surface area contributed by atoms with E-state index in [1.54, 1.807) is 6.92 Å². The Morgan fingerprint density at radius 2 is 1.74 bits per heavy atom. The first-order valence-corrected chi connectivity index (χ1v) is 5.89. The van der Waals surface area contributed by atoms with Gasteiger partial charge in [0.15, 0.2) is 11.5 Å². The maximum absolute atomic E-state index is 7.46. The van der Waals surface area contributed by atoms with Gasteiger partial charge in [0.05, 0.1) is 33.2 Å². The highest BCUT2D eigenvalue weighted by atomic mass is 16.5. The van der Waals surface area contributed by atoms with Crippen LogP contribution in [-0.2, 0) is 0 Å². The maximum atomic E-state index is 7.46. The zero-order chi connectivity index (χ0) is 18.6. The predicted molar refractivity (Wildman–Crippen MR) is 78.4 cm³/mol. The first-order chi connectivity index (χ1) is 11.5. The molecule has 3 heteroatoms. The monoisotopic (exact) mass is 261 g/mol. The van der Waals surface area contributed by atoms with Crippen molar-refractivity contribution in [3.63, 3.8) is 0 Å². The van der Waals surface area contributed by atoms with Crippen molar-refractivity contribution < 1.29 is 17.7 Å². The van der Waals surface area contributed by atoms with E-state index >= 15 is 0 Å². The number of aromatic amines is 1. The number of methoxy groups -OCH3 is 2. The Kier molecular flexibility index (Phi) is 1.51.